The summed E-state index contributed by atoms with van der Waals surface area (Å²) >= 11 is 0. The van der Waals surface area contributed by atoms with Gasteiger partial charge in [0.1, 0.15) is 0 Å². The molecule has 0 radical (unpaired) electrons. The third-order valence-corrected chi connectivity index (χ3v) is 1.25. The van der Waals surface area contributed by atoms with Crippen molar-refractivity contribution in [3.8, 4) is 0 Å². The molecule has 0 aliphatic carbocycles. The standard InChI is InChI=1S/C6H8N2.C4H8O2/c1-2-4-8-5-3-7-6-8;1-3-6-4(2)5/h2-3,5-6H,1,4H2;3H2,1-2H3. The molecule has 78 valence electrons. The quantitative estimate of drug-likeness (QED) is 0.545. The molecule has 1 rings (SSSR count). The molecule has 0 amide bonds. The lowest BCUT2D eigenvalue weighted by atomic mass is 10.6. The first-order valence-corrected chi connectivity index (χ1v) is 4.40. The molecule has 0 spiro atoms. The third-order valence-electron chi connectivity index (χ3n) is 1.25. The summed E-state index contributed by atoms with van der Waals surface area (Å²) in [6.45, 7) is 8.09. The summed E-state index contributed by atoms with van der Waals surface area (Å²) in [7, 11) is 0. The molecule has 0 aliphatic heterocycles. The number of aromatic nitrogens is 2. The molecule has 0 fully saturated rings. The van der Waals surface area contributed by atoms with Gasteiger partial charge in [0.2, 0.25) is 0 Å². The Balaban J connectivity index is 0.000000255. The van der Waals surface area contributed by atoms with Gasteiger partial charge in [-0.1, -0.05) is 6.08 Å². The zero-order valence-electron chi connectivity index (χ0n) is 8.64. The number of nitrogens with zero attached hydrogens (tertiary/aromatic N) is 2. The molecule has 1 aromatic heterocycles. The SMILES string of the molecule is C=CCn1ccnc1.CCOC(C)=O. The maximum absolute atomic E-state index is 9.82. The summed E-state index contributed by atoms with van der Waals surface area (Å²) in [5, 5.41) is 0. The second-order valence-electron chi connectivity index (χ2n) is 2.47. The summed E-state index contributed by atoms with van der Waals surface area (Å²) in [5.74, 6) is -0.211. The van der Waals surface area contributed by atoms with Crippen LogP contribution < -0.4 is 0 Å². The van der Waals surface area contributed by atoms with Crippen molar-refractivity contribution in [1.29, 1.82) is 0 Å². The highest BCUT2D eigenvalue weighted by Gasteiger charge is 1.81. The van der Waals surface area contributed by atoms with Crippen molar-refractivity contribution in [3.63, 3.8) is 0 Å². The van der Waals surface area contributed by atoms with Gasteiger partial charge in [0, 0.05) is 25.9 Å². The van der Waals surface area contributed by atoms with Gasteiger partial charge < -0.3 is 9.30 Å². The average Bonchev–Trinajstić information content (AvgIpc) is 2.58. The van der Waals surface area contributed by atoms with Gasteiger partial charge in [-0.3, -0.25) is 4.79 Å². The fourth-order valence-electron chi connectivity index (χ4n) is 0.747. The molecular weight excluding hydrogens is 180 g/mol. The Morgan fingerprint density at radius 1 is 1.71 bits per heavy atom. The van der Waals surface area contributed by atoms with Gasteiger partial charge in [-0.05, 0) is 6.92 Å². The number of ether oxygens (including phenoxy) is 1. The molecule has 0 saturated heterocycles. The van der Waals surface area contributed by atoms with Crippen molar-refractivity contribution >= 4 is 5.97 Å². The number of hydrogen-bond donors (Lipinski definition) is 0. The lowest BCUT2D eigenvalue weighted by Gasteiger charge is -1.89. The average molecular weight is 196 g/mol. The van der Waals surface area contributed by atoms with Crippen LogP contribution in [0.4, 0.5) is 0 Å². The highest BCUT2D eigenvalue weighted by molar-refractivity contribution is 5.65. The number of hydrogen-bond acceptors (Lipinski definition) is 3. The van der Waals surface area contributed by atoms with E-state index in [1.165, 1.54) is 6.92 Å². The van der Waals surface area contributed by atoms with Crippen molar-refractivity contribution in [3.05, 3.63) is 31.4 Å². The summed E-state index contributed by atoms with van der Waals surface area (Å²) in [6, 6.07) is 0. The van der Waals surface area contributed by atoms with Crippen LogP contribution in [0.3, 0.4) is 0 Å². The van der Waals surface area contributed by atoms with E-state index in [2.05, 4.69) is 16.3 Å². The van der Waals surface area contributed by atoms with Gasteiger partial charge in [0.15, 0.2) is 0 Å². The van der Waals surface area contributed by atoms with E-state index >= 15 is 0 Å². The van der Waals surface area contributed by atoms with Crippen molar-refractivity contribution in [1.82, 2.24) is 9.55 Å². The monoisotopic (exact) mass is 196 g/mol. The van der Waals surface area contributed by atoms with Gasteiger partial charge in [0.25, 0.3) is 0 Å². The number of allylic oxidation sites excluding steroid dienone is 1. The van der Waals surface area contributed by atoms with Crippen molar-refractivity contribution in [2.24, 2.45) is 0 Å². The summed E-state index contributed by atoms with van der Waals surface area (Å²) in [4.78, 5) is 13.7. The zero-order valence-corrected chi connectivity index (χ0v) is 8.64. The Morgan fingerprint density at radius 2 is 2.43 bits per heavy atom. The molecule has 0 atom stereocenters. The molecule has 14 heavy (non-hydrogen) atoms. The van der Waals surface area contributed by atoms with Gasteiger partial charge in [0.05, 0.1) is 12.9 Å². The van der Waals surface area contributed by atoms with E-state index in [4.69, 9.17) is 0 Å². The third kappa shape index (κ3) is 7.09. The molecule has 0 bridgehead atoms. The number of rotatable bonds is 3. The lowest BCUT2D eigenvalue weighted by molar-refractivity contribution is -0.140. The Labute approximate surface area is 84.2 Å². The van der Waals surface area contributed by atoms with Crippen LogP contribution in [-0.4, -0.2) is 22.1 Å². The van der Waals surface area contributed by atoms with Crippen LogP contribution in [0.1, 0.15) is 13.8 Å². The second kappa shape index (κ2) is 8.04. The Morgan fingerprint density at radius 3 is 2.71 bits per heavy atom. The van der Waals surface area contributed by atoms with E-state index in [1.807, 2.05) is 16.8 Å². The van der Waals surface area contributed by atoms with Crippen LogP contribution in [-0.2, 0) is 16.1 Å². The normalized spacial score (nSPS) is 8.43. The molecule has 4 heteroatoms. The molecule has 0 aromatic carbocycles. The van der Waals surface area contributed by atoms with Crippen LogP contribution in [0.15, 0.2) is 31.4 Å². The summed E-state index contributed by atoms with van der Waals surface area (Å²) in [5.41, 5.74) is 0. The van der Waals surface area contributed by atoms with Gasteiger partial charge in [-0.25, -0.2) is 4.98 Å². The molecule has 0 N–H and O–H groups in total. The first kappa shape index (κ1) is 12.4. The van der Waals surface area contributed by atoms with E-state index in [9.17, 15) is 4.79 Å². The van der Waals surface area contributed by atoms with Crippen LogP contribution in [0, 0.1) is 0 Å². The summed E-state index contributed by atoms with van der Waals surface area (Å²) in [6.07, 6.45) is 7.26. The predicted octanol–water partition coefficient (Wildman–Crippen LogP) is 1.64. The molecule has 1 aromatic rings. The van der Waals surface area contributed by atoms with E-state index in [1.54, 1.807) is 19.4 Å². The Hall–Kier alpha value is -1.58. The number of esters is 1. The minimum absolute atomic E-state index is 0.211. The zero-order chi connectivity index (χ0) is 10.8. The fourth-order valence-corrected chi connectivity index (χ4v) is 0.747. The number of carbonyl (C=O) groups excluding carboxylic acids is 1. The highest BCUT2D eigenvalue weighted by atomic mass is 16.5. The highest BCUT2D eigenvalue weighted by Crippen LogP contribution is 1.83. The largest absolute Gasteiger partial charge is 0.466 e. The molecule has 4 nitrogen and oxygen atoms in total. The molecule has 1 heterocycles. The topological polar surface area (TPSA) is 44.1 Å². The van der Waals surface area contributed by atoms with Gasteiger partial charge in [-0.15, -0.1) is 6.58 Å². The lowest BCUT2D eigenvalue weighted by Crippen LogP contribution is -1.95. The van der Waals surface area contributed by atoms with E-state index in [-0.39, 0.29) is 5.97 Å². The van der Waals surface area contributed by atoms with E-state index in [0.29, 0.717) is 6.61 Å². The van der Waals surface area contributed by atoms with Gasteiger partial charge in [-0.2, -0.15) is 0 Å². The van der Waals surface area contributed by atoms with Crippen LogP contribution >= 0.6 is 0 Å². The second-order valence-corrected chi connectivity index (χ2v) is 2.47. The summed E-state index contributed by atoms with van der Waals surface area (Å²) < 4.78 is 6.35. The van der Waals surface area contributed by atoms with Crippen LogP contribution in [0.2, 0.25) is 0 Å². The number of carbonyl (C=O) groups is 1. The Kier molecular flexibility index (Phi) is 7.13. The van der Waals surface area contributed by atoms with Crippen molar-refractivity contribution < 1.29 is 9.53 Å². The van der Waals surface area contributed by atoms with Crippen LogP contribution in [0.5, 0.6) is 0 Å². The Bertz CT molecular complexity index is 255. The minimum atomic E-state index is -0.211. The first-order valence-electron chi connectivity index (χ1n) is 4.40. The van der Waals surface area contributed by atoms with Crippen LogP contribution in [0.25, 0.3) is 0 Å². The van der Waals surface area contributed by atoms with Crippen molar-refractivity contribution in [2.45, 2.75) is 20.4 Å². The predicted molar refractivity (Wildman–Crippen MR) is 54.7 cm³/mol. The molecule has 0 unspecified atom stereocenters. The maximum Gasteiger partial charge on any atom is 0.302 e. The fraction of sp³-hybridized carbons (Fsp3) is 0.400. The van der Waals surface area contributed by atoms with E-state index in [0.717, 1.165) is 6.54 Å². The smallest absolute Gasteiger partial charge is 0.302 e. The first-order chi connectivity index (χ1) is 6.70. The number of imidazole rings is 1. The molecule has 0 saturated carbocycles. The van der Waals surface area contributed by atoms with Crippen molar-refractivity contribution in [2.75, 3.05) is 6.61 Å². The van der Waals surface area contributed by atoms with E-state index < -0.39 is 0 Å². The minimum Gasteiger partial charge on any atom is -0.466 e. The molecular formula is C10H16N2O2. The maximum atomic E-state index is 9.82. The van der Waals surface area contributed by atoms with Gasteiger partial charge >= 0.3 is 5.97 Å². The molecule has 0 aliphatic rings.